The molecule has 0 unspecified atom stereocenters. The van der Waals surface area contributed by atoms with Crippen molar-refractivity contribution >= 4 is 35.0 Å². The lowest BCUT2D eigenvalue weighted by Gasteiger charge is -2.35. The molecule has 1 aliphatic rings. The smallest absolute Gasteiger partial charge is 0.245 e. The monoisotopic (exact) mass is 826 g/mol. The minimum atomic E-state index is -0.373. The topological polar surface area (TPSA) is 124 Å². The van der Waals surface area contributed by atoms with E-state index in [2.05, 4.69) is 105 Å². The Balaban J connectivity index is 1.45. The number of anilines is 2. The molecule has 0 radical (unpaired) electrons. The molecule has 9 nitrogen and oxygen atoms in total. The van der Waals surface area contributed by atoms with E-state index in [0.29, 0.717) is 13.0 Å². The molecule has 0 aliphatic carbocycles. The maximum absolute atomic E-state index is 14.0. The minimum Gasteiger partial charge on any atom is -0.379 e. The van der Waals surface area contributed by atoms with Gasteiger partial charge < -0.3 is 37.2 Å². The van der Waals surface area contributed by atoms with Crippen LogP contribution in [0, 0.1) is 5.92 Å². The number of amides is 2. The summed E-state index contributed by atoms with van der Waals surface area (Å²) < 4.78 is 0. The molecule has 0 saturated carbocycles. The summed E-state index contributed by atoms with van der Waals surface area (Å²) in [6, 6.07) is 18.0. The molecule has 2 aromatic rings. The van der Waals surface area contributed by atoms with Crippen molar-refractivity contribution in [2.24, 2.45) is 11.7 Å². The Labute approximate surface area is 361 Å². The van der Waals surface area contributed by atoms with Gasteiger partial charge in [-0.05, 0) is 113 Å². The molecule has 3 rings (SSSR count). The standard InChI is InChI=1S/C49H75N7O2S/c1-35(2)20-13-10-14-21-37(5)51-48(36(3)4)49(58)56(9)46(25-19-32-50)40(8)53-43-28-26-41(27-29-43)34-59-33-18-12-17-24-44(38(6)52-42-22-15-11-16-23-42)54-39(7)45-30-31-47(57)55-45/h11,15-16,22-23,26-29,36,44-46,48,51-54H,1,5-8,10,12-14,17-21,24-25,30-34,50H2,2-4,9H3,(H,55,57)/t44-,45+,46-,48-/m0/s1. The van der Waals surface area contributed by atoms with Gasteiger partial charge in [-0.25, -0.2) is 0 Å². The lowest BCUT2D eigenvalue weighted by Crippen LogP contribution is -2.51. The van der Waals surface area contributed by atoms with E-state index in [1.807, 2.05) is 54.0 Å². The number of benzene rings is 2. The van der Waals surface area contributed by atoms with Crippen LogP contribution in [0.5, 0.6) is 0 Å². The van der Waals surface area contributed by atoms with Gasteiger partial charge >= 0.3 is 0 Å². The van der Waals surface area contributed by atoms with Gasteiger partial charge in [-0.1, -0.05) is 95.3 Å². The van der Waals surface area contributed by atoms with Crippen molar-refractivity contribution in [1.82, 2.24) is 20.9 Å². The molecule has 2 aromatic carbocycles. The van der Waals surface area contributed by atoms with E-state index >= 15 is 0 Å². The summed E-state index contributed by atoms with van der Waals surface area (Å²) in [6.07, 6.45) is 12.2. The number of nitrogens with zero attached hydrogens (tertiary/aromatic N) is 1. The molecule has 59 heavy (non-hydrogen) atoms. The Kier molecular flexibility index (Phi) is 22.1. The van der Waals surface area contributed by atoms with Crippen LogP contribution in [0.25, 0.3) is 0 Å². The van der Waals surface area contributed by atoms with Crippen LogP contribution in [-0.2, 0) is 15.3 Å². The van der Waals surface area contributed by atoms with Crippen molar-refractivity contribution in [3.63, 3.8) is 0 Å². The normalized spacial score (nSPS) is 15.1. The van der Waals surface area contributed by atoms with Crippen LogP contribution in [-0.4, -0.2) is 60.2 Å². The summed E-state index contributed by atoms with van der Waals surface area (Å²) >= 11 is 1.95. The number of hydrogen-bond acceptors (Lipinski definition) is 8. The number of unbranched alkanes of at least 4 members (excludes halogenated alkanes) is 4. The predicted octanol–water partition coefficient (Wildman–Crippen LogP) is 10.0. The van der Waals surface area contributed by atoms with Crippen LogP contribution in [0.1, 0.15) is 110 Å². The second-order valence-corrected chi connectivity index (χ2v) is 17.6. The summed E-state index contributed by atoms with van der Waals surface area (Å²) in [7, 11) is 1.87. The number of nitrogens with one attached hydrogen (secondary N) is 5. The number of thioether (sulfide) groups is 1. The molecule has 0 spiro atoms. The first-order valence-corrected chi connectivity index (χ1v) is 22.9. The van der Waals surface area contributed by atoms with Crippen molar-refractivity contribution in [2.75, 3.05) is 30.0 Å². The number of likely N-dealkylation sites (N-methyl/N-ethyl adjacent to an activating group) is 1. The Hall–Kier alpha value is -4.41. The average molecular weight is 826 g/mol. The summed E-state index contributed by atoms with van der Waals surface area (Å²) in [4.78, 5) is 27.6. The number of carbonyl (C=O) groups is 2. The van der Waals surface area contributed by atoms with Crippen molar-refractivity contribution in [3.8, 4) is 0 Å². The average Bonchev–Trinajstić information content (AvgIpc) is 3.65. The summed E-state index contributed by atoms with van der Waals surface area (Å²) in [6.45, 7) is 28.0. The highest BCUT2D eigenvalue weighted by Crippen LogP contribution is 2.24. The molecular weight excluding hydrogens is 751 g/mol. The van der Waals surface area contributed by atoms with Gasteiger partial charge in [0, 0.05) is 53.4 Å². The molecule has 1 heterocycles. The third kappa shape index (κ3) is 18.2. The Morgan fingerprint density at radius 3 is 2.15 bits per heavy atom. The zero-order valence-corrected chi connectivity index (χ0v) is 37.5. The van der Waals surface area contributed by atoms with Gasteiger partial charge in [0.05, 0.1) is 18.1 Å². The molecule has 1 fully saturated rings. The molecule has 0 aromatic heterocycles. The van der Waals surface area contributed by atoms with Crippen molar-refractivity contribution in [3.05, 3.63) is 121 Å². The Bertz CT molecular complexity index is 1660. The third-order valence-corrected chi connectivity index (χ3v) is 12.0. The predicted molar refractivity (Wildman–Crippen MR) is 254 cm³/mol. The fourth-order valence-corrected chi connectivity index (χ4v) is 8.21. The van der Waals surface area contributed by atoms with Crippen molar-refractivity contribution in [2.45, 2.75) is 134 Å². The van der Waals surface area contributed by atoms with E-state index in [4.69, 9.17) is 5.73 Å². The van der Waals surface area contributed by atoms with Gasteiger partial charge in [0.15, 0.2) is 0 Å². The fourth-order valence-electron chi connectivity index (χ4n) is 7.23. The first-order valence-electron chi connectivity index (χ1n) is 21.7. The van der Waals surface area contributed by atoms with Gasteiger partial charge in [0.2, 0.25) is 11.8 Å². The number of carbonyl (C=O) groups excluding carboxylic acids is 2. The lowest BCUT2D eigenvalue weighted by molar-refractivity contribution is -0.134. The van der Waals surface area contributed by atoms with Crippen LogP contribution in [0.2, 0.25) is 0 Å². The molecule has 1 saturated heterocycles. The van der Waals surface area contributed by atoms with E-state index in [1.165, 1.54) is 11.1 Å². The van der Waals surface area contributed by atoms with E-state index in [1.54, 1.807) is 0 Å². The highest BCUT2D eigenvalue weighted by molar-refractivity contribution is 7.98. The molecule has 1 aliphatic heterocycles. The van der Waals surface area contributed by atoms with E-state index in [0.717, 1.165) is 123 Å². The zero-order chi connectivity index (χ0) is 43.2. The molecule has 7 N–H and O–H groups in total. The fraction of sp³-hybridized carbons (Fsp3) is 0.510. The van der Waals surface area contributed by atoms with Crippen LogP contribution < -0.4 is 32.3 Å². The molecule has 324 valence electrons. The van der Waals surface area contributed by atoms with E-state index in [-0.39, 0.29) is 41.9 Å². The van der Waals surface area contributed by atoms with Gasteiger partial charge in [-0.15, -0.1) is 6.58 Å². The van der Waals surface area contributed by atoms with Crippen LogP contribution in [0.15, 0.2) is 116 Å². The van der Waals surface area contributed by atoms with Gasteiger partial charge in [-0.3, -0.25) is 9.59 Å². The molecule has 4 atom stereocenters. The second kappa shape index (κ2) is 26.6. The first-order chi connectivity index (χ1) is 28.3. The largest absolute Gasteiger partial charge is 0.379 e. The number of rotatable bonds is 31. The highest BCUT2D eigenvalue weighted by atomic mass is 32.2. The first kappa shape index (κ1) is 49.0. The zero-order valence-electron chi connectivity index (χ0n) is 36.7. The van der Waals surface area contributed by atoms with E-state index in [9.17, 15) is 9.59 Å². The van der Waals surface area contributed by atoms with Gasteiger partial charge in [0.1, 0.15) is 6.04 Å². The quantitative estimate of drug-likeness (QED) is 0.0328. The van der Waals surface area contributed by atoms with E-state index < -0.39 is 0 Å². The summed E-state index contributed by atoms with van der Waals surface area (Å²) in [5.41, 5.74) is 13.8. The Morgan fingerprint density at radius 1 is 0.847 bits per heavy atom. The van der Waals surface area contributed by atoms with Gasteiger partial charge in [-0.2, -0.15) is 11.8 Å². The minimum absolute atomic E-state index is 0.00399. The highest BCUT2D eigenvalue weighted by Gasteiger charge is 2.31. The summed E-state index contributed by atoms with van der Waals surface area (Å²) in [5, 5.41) is 17.0. The third-order valence-electron chi connectivity index (χ3n) is 10.9. The Morgan fingerprint density at radius 2 is 1.51 bits per heavy atom. The molecule has 2 amide bonds. The maximum Gasteiger partial charge on any atom is 0.245 e. The lowest BCUT2D eigenvalue weighted by atomic mass is 9.99. The maximum atomic E-state index is 14.0. The number of nitrogens with two attached hydrogens (primary N) is 1. The summed E-state index contributed by atoms with van der Waals surface area (Å²) in [5.74, 6) is 2.22. The SMILES string of the molecule is C=C(C)CCCCCC(=C)N[C@H](C(=O)N(C)[C@@H](CCCN)C(=C)Nc1ccc(CSCCCCC[C@H](NC(=C)[C@H]2CCC(=O)N2)C(=C)Nc2ccccc2)cc1)C(C)C. The number of allylic oxidation sites excluding steroid dienone is 2. The molecule has 0 bridgehead atoms. The van der Waals surface area contributed by atoms with Crippen molar-refractivity contribution in [1.29, 1.82) is 0 Å². The molecule has 10 heteroatoms. The van der Waals surface area contributed by atoms with Crippen LogP contribution >= 0.6 is 11.8 Å². The van der Waals surface area contributed by atoms with Crippen LogP contribution in [0.4, 0.5) is 11.4 Å². The molecular formula is C49H75N7O2S. The second-order valence-electron chi connectivity index (χ2n) is 16.5. The number of para-hydroxylation sites is 1. The van der Waals surface area contributed by atoms with Gasteiger partial charge in [0.25, 0.3) is 0 Å². The van der Waals surface area contributed by atoms with Crippen molar-refractivity contribution < 1.29 is 9.59 Å². The number of hydrogen-bond donors (Lipinski definition) is 6. The van der Waals surface area contributed by atoms with Crippen LogP contribution in [0.3, 0.4) is 0 Å².